The third-order valence-electron chi connectivity index (χ3n) is 3.55. The van der Waals surface area contributed by atoms with Crippen LogP contribution in [0, 0.1) is 0 Å². The van der Waals surface area contributed by atoms with Gasteiger partial charge in [-0.05, 0) is 25.9 Å². The summed E-state index contributed by atoms with van der Waals surface area (Å²) in [5.41, 5.74) is 0. The third-order valence-corrected chi connectivity index (χ3v) is 20.1. The SMILES string of the molecule is C/C=C(\C)[Si](CCC)(NC(C)C)[Si](C)(C)C. The topological polar surface area (TPSA) is 12.0 Å². The van der Waals surface area contributed by atoms with Crippen molar-refractivity contribution in [3.8, 4) is 0 Å². The number of hydrogen-bond acceptors (Lipinski definition) is 1. The van der Waals surface area contributed by atoms with E-state index in [1.54, 1.807) is 5.20 Å². The van der Waals surface area contributed by atoms with Crippen molar-refractivity contribution >= 4 is 15.3 Å². The molecule has 0 rings (SSSR count). The molecule has 0 saturated heterocycles. The van der Waals surface area contributed by atoms with Crippen molar-refractivity contribution < 1.29 is 0 Å². The molecule has 0 radical (unpaired) electrons. The Morgan fingerprint density at radius 2 is 1.75 bits per heavy atom. The zero-order valence-corrected chi connectivity index (χ0v) is 14.6. The van der Waals surface area contributed by atoms with Crippen LogP contribution >= 0.6 is 0 Å². The maximum absolute atomic E-state index is 4.02. The molecular weight excluding hydrogens is 226 g/mol. The summed E-state index contributed by atoms with van der Waals surface area (Å²) in [6.45, 7) is 19.1. The summed E-state index contributed by atoms with van der Waals surface area (Å²) in [4.78, 5) is 4.02. The van der Waals surface area contributed by atoms with Gasteiger partial charge in [0.1, 0.15) is 7.75 Å². The summed E-state index contributed by atoms with van der Waals surface area (Å²) in [5.74, 6) is 0. The molecule has 0 fully saturated rings. The quantitative estimate of drug-likeness (QED) is 0.701. The Morgan fingerprint density at radius 1 is 1.25 bits per heavy atom. The van der Waals surface area contributed by atoms with Gasteiger partial charge in [0.15, 0.2) is 0 Å². The summed E-state index contributed by atoms with van der Waals surface area (Å²) in [5, 5.41) is 1.67. The lowest BCUT2D eigenvalue weighted by Crippen LogP contribution is -2.69. The Morgan fingerprint density at radius 3 is 2.00 bits per heavy atom. The van der Waals surface area contributed by atoms with E-state index in [1.165, 1.54) is 12.5 Å². The Kier molecular flexibility index (Phi) is 6.22. The van der Waals surface area contributed by atoms with Crippen LogP contribution in [0.2, 0.25) is 25.7 Å². The van der Waals surface area contributed by atoms with Crippen LogP contribution in [0.5, 0.6) is 0 Å². The molecule has 96 valence electrons. The van der Waals surface area contributed by atoms with Crippen molar-refractivity contribution in [3.63, 3.8) is 0 Å². The molecule has 0 aliphatic heterocycles. The van der Waals surface area contributed by atoms with Crippen LogP contribution in [-0.4, -0.2) is 21.4 Å². The van der Waals surface area contributed by atoms with Gasteiger partial charge in [-0.3, -0.25) is 0 Å². The van der Waals surface area contributed by atoms with Crippen LogP contribution in [0.15, 0.2) is 11.3 Å². The second kappa shape index (κ2) is 6.17. The van der Waals surface area contributed by atoms with Gasteiger partial charge < -0.3 is 4.98 Å². The molecule has 0 aliphatic rings. The molecule has 1 unspecified atom stereocenters. The van der Waals surface area contributed by atoms with E-state index in [0.29, 0.717) is 6.04 Å². The second-order valence-corrected chi connectivity index (χ2v) is 21.1. The van der Waals surface area contributed by atoms with Gasteiger partial charge in [-0.2, -0.15) is 0 Å². The standard InChI is InChI=1S/C13H31NSi2/c1-9-11-16(13(5)10-2,14-12(3)4)15(6,7)8/h10,12,14H,9,11H2,1-8H3/b13-10+. The average Bonchev–Trinajstić information content (AvgIpc) is 2.13. The highest BCUT2D eigenvalue weighted by molar-refractivity contribution is 7.42. The maximum atomic E-state index is 4.02. The molecule has 3 heteroatoms. The van der Waals surface area contributed by atoms with Gasteiger partial charge in [0, 0.05) is 0 Å². The average molecular weight is 258 g/mol. The molecule has 1 nitrogen and oxygen atoms in total. The predicted molar refractivity (Wildman–Crippen MR) is 81.9 cm³/mol. The van der Waals surface area contributed by atoms with Crippen molar-refractivity contribution in [3.05, 3.63) is 11.3 Å². The van der Waals surface area contributed by atoms with Crippen LogP contribution in [0.3, 0.4) is 0 Å². The minimum atomic E-state index is -1.41. The Hall–Kier alpha value is 0.134. The van der Waals surface area contributed by atoms with E-state index in [1.807, 2.05) is 0 Å². The minimum absolute atomic E-state index is 0.611. The smallest absolute Gasteiger partial charge is 0.141 e. The lowest BCUT2D eigenvalue weighted by Gasteiger charge is -2.45. The molecule has 0 amide bonds. The zero-order valence-electron chi connectivity index (χ0n) is 12.6. The maximum Gasteiger partial charge on any atom is 0.141 e. The Bertz CT molecular complexity index is 241. The van der Waals surface area contributed by atoms with Gasteiger partial charge in [0.05, 0.1) is 7.59 Å². The molecule has 0 aromatic carbocycles. The first-order valence-electron chi connectivity index (χ1n) is 6.62. The largest absolute Gasteiger partial charge is 0.334 e. The molecule has 0 heterocycles. The molecule has 0 bridgehead atoms. The van der Waals surface area contributed by atoms with E-state index in [2.05, 4.69) is 65.3 Å². The van der Waals surface area contributed by atoms with Gasteiger partial charge in [-0.25, -0.2) is 0 Å². The first-order chi connectivity index (χ1) is 7.21. The molecule has 0 saturated carbocycles. The molecule has 16 heavy (non-hydrogen) atoms. The van der Waals surface area contributed by atoms with Gasteiger partial charge in [-0.1, -0.05) is 58.1 Å². The third kappa shape index (κ3) is 3.57. The van der Waals surface area contributed by atoms with Gasteiger partial charge in [0.2, 0.25) is 0 Å². The van der Waals surface area contributed by atoms with Crippen molar-refractivity contribution in [1.82, 2.24) is 4.98 Å². The van der Waals surface area contributed by atoms with E-state index < -0.39 is 15.3 Å². The van der Waals surface area contributed by atoms with Crippen molar-refractivity contribution in [2.24, 2.45) is 0 Å². The minimum Gasteiger partial charge on any atom is -0.334 e. The molecule has 1 atom stereocenters. The number of allylic oxidation sites excluding steroid dienone is 2. The highest BCUT2D eigenvalue weighted by Gasteiger charge is 2.46. The molecule has 1 N–H and O–H groups in total. The summed E-state index contributed by atoms with van der Waals surface area (Å²) in [6.07, 6.45) is 3.66. The van der Waals surface area contributed by atoms with Gasteiger partial charge in [0.25, 0.3) is 0 Å². The summed E-state index contributed by atoms with van der Waals surface area (Å²) in [6, 6.07) is 2.01. The summed E-state index contributed by atoms with van der Waals surface area (Å²) in [7, 11) is -2.56. The molecular formula is C13H31NSi2. The fourth-order valence-electron chi connectivity index (χ4n) is 2.68. The summed E-state index contributed by atoms with van der Waals surface area (Å²) >= 11 is 0. The van der Waals surface area contributed by atoms with Gasteiger partial charge >= 0.3 is 0 Å². The first-order valence-corrected chi connectivity index (χ1v) is 13.3. The fraction of sp³-hybridized carbons (Fsp3) is 0.846. The normalized spacial score (nSPS) is 17.7. The highest BCUT2D eigenvalue weighted by atomic mass is 29.3. The Labute approximate surface area is 105 Å². The van der Waals surface area contributed by atoms with E-state index in [4.69, 9.17) is 0 Å². The van der Waals surface area contributed by atoms with E-state index in [0.717, 1.165) is 0 Å². The molecule has 0 aromatic heterocycles. The lowest BCUT2D eigenvalue weighted by atomic mass is 10.4. The van der Waals surface area contributed by atoms with E-state index >= 15 is 0 Å². The lowest BCUT2D eigenvalue weighted by molar-refractivity contribution is 0.731. The Balaban J connectivity index is 5.40. The zero-order chi connectivity index (χ0) is 13.0. The highest BCUT2D eigenvalue weighted by Crippen LogP contribution is 2.29. The molecule has 0 aromatic rings. The molecule has 0 aliphatic carbocycles. The number of rotatable bonds is 6. The summed E-state index contributed by atoms with van der Waals surface area (Å²) < 4.78 is 0. The van der Waals surface area contributed by atoms with E-state index in [-0.39, 0.29) is 0 Å². The van der Waals surface area contributed by atoms with Crippen molar-refractivity contribution in [2.75, 3.05) is 0 Å². The van der Waals surface area contributed by atoms with Crippen LogP contribution in [0.25, 0.3) is 0 Å². The number of nitrogens with one attached hydrogen (secondary N) is 1. The van der Waals surface area contributed by atoms with Crippen LogP contribution in [0.1, 0.15) is 41.0 Å². The fourth-order valence-corrected chi connectivity index (χ4v) is 17.2. The monoisotopic (exact) mass is 257 g/mol. The van der Waals surface area contributed by atoms with Crippen molar-refractivity contribution in [1.29, 1.82) is 0 Å². The van der Waals surface area contributed by atoms with Crippen LogP contribution in [0.4, 0.5) is 0 Å². The van der Waals surface area contributed by atoms with Crippen LogP contribution < -0.4 is 4.98 Å². The molecule has 0 spiro atoms. The van der Waals surface area contributed by atoms with Crippen molar-refractivity contribution in [2.45, 2.75) is 72.8 Å². The number of hydrogen-bond donors (Lipinski definition) is 1. The van der Waals surface area contributed by atoms with E-state index in [9.17, 15) is 0 Å². The van der Waals surface area contributed by atoms with Gasteiger partial charge in [-0.15, -0.1) is 0 Å². The predicted octanol–water partition coefficient (Wildman–Crippen LogP) is 4.26. The second-order valence-electron chi connectivity index (χ2n) is 6.18. The van der Waals surface area contributed by atoms with Crippen LogP contribution in [-0.2, 0) is 0 Å². The first kappa shape index (κ1) is 16.1.